The fraction of sp³-hybridized carbons (Fsp3) is 0.0714. The summed E-state index contributed by atoms with van der Waals surface area (Å²) in [6, 6.07) is 9.61. The van der Waals surface area contributed by atoms with Crippen molar-refractivity contribution in [2.75, 3.05) is 0 Å². The monoisotopic (exact) mass is 242 g/mol. The quantitative estimate of drug-likeness (QED) is 0.687. The zero-order valence-corrected chi connectivity index (χ0v) is 9.74. The van der Waals surface area contributed by atoms with Crippen LogP contribution in [0.3, 0.4) is 0 Å². The molecular formula is C14H11FN2O. The van der Waals surface area contributed by atoms with E-state index in [0.29, 0.717) is 11.4 Å². The Hall–Kier alpha value is -2.36. The first kappa shape index (κ1) is 10.8. The summed E-state index contributed by atoms with van der Waals surface area (Å²) in [7, 11) is 0. The van der Waals surface area contributed by atoms with Crippen molar-refractivity contribution in [2.24, 2.45) is 0 Å². The molecule has 4 heteroatoms. The molecule has 3 nitrogen and oxygen atoms in total. The lowest BCUT2D eigenvalue weighted by Gasteiger charge is -2.00. The average molecular weight is 242 g/mol. The number of imidazole rings is 1. The molecule has 3 rings (SSSR count). The van der Waals surface area contributed by atoms with Crippen molar-refractivity contribution >= 4 is 11.0 Å². The Balaban J connectivity index is 2.22. The van der Waals surface area contributed by atoms with Gasteiger partial charge in [0.2, 0.25) is 0 Å². The van der Waals surface area contributed by atoms with E-state index in [1.54, 1.807) is 0 Å². The maximum atomic E-state index is 13.2. The summed E-state index contributed by atoms with van der Waals surface area (Å²) in [4.78, 5) is 7.43. The van der Waals surface area contributed by atoms with E-state index in [9.17, 15) is 9.50 Å². The number of hydrogen-bond donors (Lipinski definition) is 2. The van der Waals surface area contributed by atoms with Gasteiger partial charge in [-0.2, -0.15) is 0 Å². The molecule has 0 amide bonds. The van der Waals surface area contributed by atoms with Gasteiger partial charge >= 0.3 is 0 Å². The van der Waals surface area contributed by atoms with Crippen LogP contribution in [0, 0.1) is 12.7 Å². The van der Waals surface area contributed by atoms with Gasteiger partial charge in [-0.25, -0.2) is 9.37 Å². The maximum Gasteiger partial charge on any atom is 0.142 e. The molecule has 0 aliphatic carbocycles. The van der Waals surface area contributed by atoms with Gasteiger partial charge in [0.15, 0.2) is 0 Å². The minimum absolute atomic E-state index is 0.00665. The average Bonchev–Trinajstić information content (AvgIpc) is 2.74. The van der Waals surface area contributed by atoms with Crippen molar-refractivity contribution < 1.29 is 9.50 Å². The number of phenols is 1. The van der Waals surface area contributed by atoms with E-state index in [0.717, 1.165) is 16.6 Å². The molecule has 0 saturated heterocycles. The van der Waals surface area contributed by atoms with E-state index < -0.39 is 5.82 Å². The lowest BCUT2D eigenvalue weighted by Crippen LogP contribution is -1.83. The Labute approximate surface area is 103 Å². The largest absolute Gasteiger partial charge is 0.507 e. The number of phenolic OH excluding ortho intramolecular Hbond substituents is 1. The number of aromatic amines is 1. The van der Waals surface area contributed by atoms with Crippen molar-refractivity contribution in [3.8, 4) is 17.1 Å². The standard InChI is InChI=1S/C14H11FN2O/c1-8-2-4-11-12(6-8)17-14(16-11)10-7-9(15)3-5-13(10)18/h2-7,18H,1H3,(H,16,17). The number of nitrogens with one attached hydrogen (secondary N) is 1. The number of aromatic hydroxyl groups is 1. The predicted molar refractivity (Wildman–Crippen MR) is 67.9 cm³/mol. The Bertz CT molecular complexity index is 734. The van der Waals surface area contributed by atoms with E-state index in [2.05, 4.69) is 9.97 Å². The molecule has 0 fully saturated rings. The van der Waals surface area contributed by atoms with Crippen LogP contribution < -0.4 is 0 Å². The van der Waals surface area contributed by atoms with Crippen LogP contribution in [0.1, 0.15) is 5.56 Å². The molecule has 0 unspecified atom stereocenters. The first-order valence-electron chi connectivity index (χ1n) is 5.59. The molecule has 0 bridgehead atoms. The summed E-state index contributed by atoms with van der Waals surface area (Å²) in [6.07, 6.45) is 0. The Morgan fingerprint density at radius 1 is 1.17 bits per heavy atom. The minimum atomic E-state index is -0.403. The molecule has 0 aliphatic heterocycles. The summed E-state index contributed by atoms with van der Waals surface area (Å²) in [5.74, 6) is 0.0687. The van der Waals surface area contributed by atoms with E-state index >= 15 is 0 Å². The molecule has 0 radical (unpaired) electrons. The van der Waals surface area contributed by atoms with Gasteiger partial charge in [-0.05, 0) is 42.8 Å². The molecule has 2 N–H and O–H groups in total. The third-order valence-electron chi connectivity index (χ3n) is 2.85. The van der Waals surface area contributed by atoms with Gasteiger partial charge in [0.25, 0.3) is 0 Å². The van der Waals surface area contributed by atoms with Gasteiger partial charge in [-0.1, -0.05) is 6.07 Å². The fourth-order valence-electron chi connectivity index (χ4n) is 1.95. The predicted octanol–water partition coefficient (Wildman–Crippen LogP) is 3.38. The van der Waals surface area contributed by atoms with Crippen LogP contribution in [0.4, 0.5) is 4.39 Å². The van der Waals surface area contributed by atoms with Crippen LogP contribution in [-0.4, -0.2) is 15.1 Å². The SMILES string of the molecule is Cc1ccc2nc(-c3cc(F)ccc3O)[nH]c2c1. The summed E-state index contributed by atoms with van der Waals surface area (Å²) >= 11 is 0. The lowest BCUT2D eigenvalue weighted by molar-refractivity contribution is 0.475. The molecule has 90 valence electrons. The first-order valence-corrected chi connectivity index (χ1v) is 5.59. The topological polar surface area (TPSA) is 48.9 Å². The van der Waals surface area contributed by atoms with Gasteiger partial charge in [0.1, 0.15) is 17.4 Å². The van der Waals surface area contributed by atoms with Crippen molar-refractivity contribution in [3.05, 3.63) is 47.8 Å². The molecule has 0 aliphatic rings. The third kappa shape index (κ3) is 1.72. The van der Waals surface area contributed by atoms with Crippen molar-refractivity contribution in [1.29, 1.82) is 0 Å². The Kier molecular flexibility index (Phi) is 2.30. The number of aryl methyl sites for hydroxylation is 1. The molecule has 3 aromatic rings. The Morgan fingerprint density at radius 2 is 2.00 bits per heavy atom. The fourth-order valence-corrected chi connectivity index (χ4v) is 1.95. The van der Waals surface area contributed by atoms with Crippen LogP contribution in [0.5, 0.6) is 5.75 Å². The van der Waals surface area contributed by atoms with Crippen LogP contribution in [0.15, 0.2) is 36.4 Å². The summed E-state index contributed by atoms with van der Waals surface area (Å²) in [5.41, 5.74) is 3.14. The van der Waals surface area contributed by atoms with Crippen molar-refractivity contribution in [3.63, 3.8) is 0 Å². The zero-order valence-electron chi connectivity index (χ0n) is 9.74. The highest BCUT2D eigenvalue weighted by molar-refractivity contribution is 5.81. The van der Waals surface area contributed by atoms with Gasteiger partial charge in [0.05, 0.1) is 16.6 Å². The van der Waals surface area contributed by atoms with Crippen molar-refractivity contribution in [2.45, 2.75) is 6.92 Å². The molecule has 0 spiro atoms. The van der Waals surface area contributed by atoms with Gasteiger partial charge in [0, 0.05) is 0 Å². The van der Waals surface area contributed by atoms with Crippen LogP contribution in [0.25, 0.3) is 22.4 Å². The highest BCUT2D eigenvalue weighted by atomic mass is 19.1. The second kappa shape index (κ2) is 3.84. The molecule has 1 aromatic heterocycles. The van der Waals surface area contributed by atoms with E-state index in [4.69, 9.17) is 0 Å². The lowest BCUT2D eigenvalue weighted by atomic mass is 10.2. The highest BCUT2D eigenvalue weighted by Crippen LogP contribution is 2.29. The number of fused-ring (bicyclic) bond motifs is 1. The second-order valence-corrected chi connectivity index (χ2v) is 4.27. The molecular weight excluding hydrogens is 231 g/mol. The van der Waals surface area contributed by atoms with Gasteiger partial charge < -0.3 is 10.1 Å². The number of H-pyrrole nitrogens is 1. The van der Waals surface area contributed by atoms with E-state index in [1.807, 2.05) is 25.1 Å². The number of hydrogen-bond acceptors (Lipinski definition) is 2. The third-order valence-corrected chi connectivity index (χ3v) is 2.85. The summed E-state index contributed by atoms with van der Waals surface area (Å²) < 4.78 is 13.2. The van der Waals surface area contributed by atoms with Gasteiger partial charge in [-0.3, -0.25) is 0 Å². The van der Waals surface area contributed by atoms with Crippen molar-refractivity contribution in [1.82, 2.24) is 9.97 Å². The van der Waals surface area contributed by atoms with Crippen LogP contribution in [-0.2, 0) is 0 Å². The smallest absolute Gasteiger partial charge is 0.142 e. The zero-order chi connectivity index (χ0) is 12.7. The minimum Gasteiger partial charge on any atom is -0.507 e. The number of rotatable bonds is 1. The van der Waals surface area contributed by atoms with Crippen LogP contribution in [0.2, 0.25) is 0 Å². The first-order chi connectivity index (χ1) is 8.63. The molecule has 1 heterocycles. The van der Waals surface area contributed by atoms with Crippen LogP contribution >= 0.6 is 0 Å². The molecule has 18 heavy (non-hydrogen) atoms. The number of benzene rings is 2. The number of aromatic nitrogens is 2. The summed E-state index contributed by atoms with van der Waals surface area (Å²) in [6.45, 7) is 1.99. The summed E-state index contributed by atoms with van der Waals surface area (Å²) in [5, 5.41) is 9.74. The Morgan fingerprint density at radius 3 is 2.83 bits per heavy atom. The second-order valence-electron chi connectivity index (χ2n) is 4.27. The molecule has 2 aromatic carbocycles. The molecule has 0 saturated carbocycles. The normalized spacial score (nSPS) is 11.0. The number of nitrogens with zero attached hydrogens (tertiary/aromatic N) is 1. The van der Waals surface area contributed by atoms with E-state index in [1.165, 1.54) is 18.2 Å². The van der Waals surface area contributed by atoms with E-state index in [-0.39, 0.29) is 5.75 Å². The maximum absolute atomic E-state index is 13.2. The number of halogens is 1. The highest BCUT2D eigenvalue weighted by Gasteiger charge is 2.10. The van der Waals surface area contributed by atoms with Gasteiger partial charge in [-0.15, -0.1) is 0 Å². The molecule has 0 atom stereocenters.